The highest BCUT2D eigenvalue weighted by Crippen LogP contribution is 2.31. The van der Waals surface area contributed by atoms with Crippen LogP contribution in [-0.4, -0.2) is 16.1 Å². The number of hydrogen-bond acceptors (Lipinski definition) is 5. The highest BCUT2D eigenvalue weighted by atomic mass is 32.1. The number of aromatic nitrogens is 2. The second-order valence-corrected chi connectivity index (χ2v) is 6.95. The van der Waals surface area contributed by atoms with Crippen LogP contribution in [0, 0.1) is 6.92 Å². The molecular formula is C18H17N3O2S. The number of carbonyl (C=O) groups excluding carboxylic acids is 1. The van der Waals surface area contributed by atoms with Crippen molar-refractivity contribution in [1.29, 1.82) is 0 Å². The van der Waals surface area contributed by atoms with E-state index in [1.807, 2.05) is 30.5 Å². The maximum Gasteiger partial charge on any atom is 0.256 e. The van der Waals surface area contributed by atoms with Gasteiger partial charge in [-0.2, -0.15) is 0 Å². The van der Waals surface area contributed by atoms with Crippen molar-refractivity contribution >= 4 is 22.9 Å². The third-order valence-electron chi connectivity index (χ3n) is 4.40. The van der Waals surface area contributed by atoms with Gasteiger partial charge < -0.3 is 9.73 Å². The standard InChI is InChI=1S/C18H17N3O2S/c1-11-6-7-12(18-21-19-10-23-18)8-15(11)20-17(22)14-9-24-16-5-3-2-4-13(14)16/h6-10H,2-5H2,1H3,(H,20,22). The maximum absolute atomic E-state index is 12.7. The largest absolute Gasteiger partial charge is 0.423 e. The van der Waals surface area contributed by atoms with Gasteiger partial charge in [0.15, 0.2) is 0 Å². The molecule has 6 heteroatoms. The van der Waals surface area contributed by atoms with Crippen molar-refractivity contribution in [3.63, 3.8) is 0 Å². The van der Waals surface area contributed by atoms with Crippen molar-refractivity contribution in [3.05, 3.63) is 51.5 Å². The molecule has 2 aromatic heterocycles. The quantitative estimate of drug-likeness (QED) is 0.775. The number of nitrogens with one attached hydrogen (secondary N) is 1. The lowest BCUT2D eigenvalue weighted by atomic mass is 9.95. The second-order valence-electron chi connectivity index (χ2n) is 5.99. The van der Waals surface area contributed by atoms with Gasteiger partial charge in [0.05, 0.1) is 5.56 Å². The van der Waals surface area contributed by atoms with Crippen LogP contribution in [0.1, 0.15) is 39.2 Å². The molecule has 2 heterocycles. The fourth-order valence-electron chi connectivity index (χ4n) is 3.06. The van der Waals surface area contributed by atoms with Crippen molar-refractivity contribution in [1.82, 2.24) is 10.2 Å². The third-order valence-corrected chi connectivity index (χ3v) is 5.49. The summed E-state index contributed by atoms with van der Waals surface area (Å²) in [6, 6.07) is 5.72. The Bertz CT molecular complexity index is 884. The first-order valence-corrected chi connectivity index (χ1v) is 8.88. The molecule has 0 unspecified atom stereocenters. The molecule has 1 aromatic carbocycles. The zero-order valence-electron chi connectivity index (χ0n) is 13.3. The summed E-state index contributed by atoms with van der Waals surface area (Å²) in [6.07, 6.45) is 5.78. The molecule has 1 N–H and O–H groups in total. The van der Waals surface area contributed by atoms with Gasteiger partial charge in [-0.05, 0) is 55.9 Å². The summed E-state index contributed by atoms with van der Waals surface area (Å²) in [4.78, 5) is 14.1. The molecule has 0 spiro atoms. The summed E-state index contributed by atoms with van der Waals surface area (Å²) in [5.74, 6) is 0.401. The minimum atomic E-state index is -0.0415. The molecule has 0 aliphatic heterocycles. The Morgan fingerprint density at radius 1 is 1.29 bits per heavy atom. The van der Waals surface area contributed by atoms with Crippen LogP contribution >= 0.6 is 11.3 Å². The van der Waals surface area contributed by atoms with E-state index < -0.39 is 0 Å². The topological polar surface area (TPSA) is 68.0 Å². The molecule has 4 rings (SSSR count). The van der Waals surface area contributed by atoms with E-state index in [2.05, 4.69) is 15.5 Å². The van der Waals surface area contributed by atoms with Gasteiger partial charge in [0.1, 0.15) is 0 Å². The fourth-order valence-corrected chi connectivity index (χ4v) is 4.19. The van der Waals surface area contributed by atoms with Crippen molar-refractivity contribution in [3.8, 4) is 11.5 Å². The first-order chi connectivity index (χ1) is 11.7. The van der Waals surface area contributed by atoms with E-state index in [1.165, 1.54) is 23.3 Å². The number of anilines is 1. The molecule has 5 nitrogen and oxygen atoms in total. The van der Waals surface area contributed by atoms with Gasteiger partial charge >= 0.3 is 0 Å². The zero-order chi connectivity index (χ0) is 16.5. The average molecular weight is 339 g/mol. The van der Waals surface area contributed by atoms with Crippen molar-refractivity contribution in [2.24, 2.45) is 0 Å². The minimum absolute atomic E-state index is 0.0415. The molecular weight excluding hydrogens is 322 g/mol. The highest BCUT2D eigenvalue weighted by Gasteiger charge is 2.20. The number of benzene rings is 1. The summed E-state index contributed by atoms with van der Waals surface area (Å²) in [5.41, 5.74) is 4.61. The van der Waals surface area contributed by atoms with Gasteiger partial charge in [-0.1, -0.05) is 6.07 Å². The molecule has 1 aliphatic carbocycles. The molecule has 3 aromatic rings. The lowest BCUT2D eigenvalue weighted by Gasteiger charge is -2.13. The van der Waals surface area contributed by atoms with Crippen LogP contribution in [0.2, 0.25) is 0 Å². The number of fused-ring (bicyclic) bond motifs is 1. The van der Waals surface area contributed by atoms with Crippen LogP contribution in [0.15, 0.2) is 34.4 Å². The number of amides is 1. The Morgan fingerprint density at radius 2 is 2.17 bits per heavy atom. The summed E-state index contributed by atoms with van der Waals surface area (Å²) < 4.78 is 5.23. The lowest BCUT2D eigenvalue weighted by Crippen LogP contribution is -2.15. The van der Waals surface area contributed by atoms with E-state index >= 15 is 0 Å². The van der Waals surface area contributed by atoms with E-state index in [0.717, 1.165) is 41.6 Å². The molecule has 0 saturated carbocycles. The number of nitrogens with zero attached hydrogens (tertiary/aromatic N) is 2. The summed E-state index contributed by atoms with van der Waals surface area (Å²) in [5, 5.41) is 12.6. The van der Waals surface area contributed by atoms with Gasteiger partial charge in [-0.25, -0.2) is 0 Å². The Labute approximate surface area is 143 Å². The molecule has 0 atom stereocenters. The SMILES string of the molecule is Cc1ccc(-c2nnco2)cc1NC(=O)c1csc2c1CCCC2. The number of carbonyl (C=O) groups is 1. The summed E-state index contributed by atoms with van der Waals surface area (Å²) in [7, 11) is 0. The van der Waals surface area contributed by atoms with Crippen LogP contribution in [0.25, 0.3) is 11.5 Å². The normalized spacial score (nSPS) is 13.5. The minimum Gasteiger partial charge on any atom is -0.423 e. The zero-order valence-corrected chi connectivity index (χ0v) is 14.2. The Balaban J connectivity index is 1.62. The highest BCUT2D eigenvalue weighted by molar-refractivity contribution is 7.10. The molecule has 122 valence electrons. The smallest absolute Gasteiger partial charge is 0.256 e. The Kier molecular flexibility index (Phi) is 3.90. The first kappa shape index (κ1) is 15.1. The third kappa shape index (κ3) is 2.73. The molecule has 1 amide bonds. The van der Waals surface area contributed by atoms with Crippen molar-refractivity contribution < 1.29 is 9.21 Å². The molecule has 0 fully saturated rings. The van der Waals surface area contributed by atoms with E-state index in [4.69, 9.17) is 4.42 Å². The molecule has 0 radical (unpaired) electrons. The maximum atomic E-state index is 12.7. The Morgan fingerprint density at radius 3 is 3.00 bits per heavy atom. The Hall–Kier alpha value is -2.47. The predicted molar refractivity (Wildman–Crippen MR) is 93.4 cm³/mol. The van der Waals surface area contributed by atoms with Crippen LogP contribution < -0.4 is 5.32 Å². The van der Waals surface area contributed by atoms with Gasteiger partial charge in [0, 0.05) is 21.5 Å². The van der Waals surface area contributed by atoms with Crippen LogP contribution in [0.4, 0.5) is 5.69 Å². The fraction of sp³-hybridized carbons (Fsp3) is 0.278. The first-order valence-electron chi connectivity index (χ1n) is 8.00. The average Bonchev–Trinajstić information content (AvgIpc) is 3.26. The predicted octanol–water partition coefficient (Wildman–Crippen LogP) is 4.24. The summed E-state index contributed by atoms with van der Waals surface area (Å²) in [6.45, 7) is 1.97. The van der Waals surface area contributed by atoms with E-state index in [-0.39, 0.29) is 5.91 Å². The van der Waals surface area contributed by atoms with Gasteiger partial charge in [-0.15, -0.1) is 21.5 Å². The van der Waals surface area contributed by atoms with Gasteiger partial charge in [-0.3, -0.25) is 4.79 Å². The van der Waals surface area contributed by atoms with Gasteiger partial charge in [0.25, 0.3) is 5.91 Å². The second kappa shape index (κ2) is 6.20. The molecule has 1 aliphatic rings. The van der Waals surface area contributed by atoms with Crippen LogP contribution in [0.5, 0.6) is 0 Å². The lowest BCUT2D eigenvalue weighted by molar-refractivity contribution is 0.102. The number of rotatable bonds is 3. The van der Waals surface area contributed by atoms with Crippen LogP contribution in [0.3, 0.4) is 0 Å². The number of hydrogen-bond donors (Lipinski definition) is 1. The van der Waals surface area contributed by atoms with Crippen LogP contribution in [-0.2, 0) is 12.8 Å². The van der Waals surface area contributed by atoms with Crippen molar-refractivity contribution in [2.45, 2.75) is 32.6 Å². The number of aryl methyl sites for hydroxylation is 2. The van der Waals surface area contributed by atoms with E-state index in [9.17, 15) is 4.79 Å². The van der Waals surface area contributed by atoms with E-state index in [0.29, 0.717) is 5.89 Å². The molecule has 0 bridgehead atoms. The van der Waals surface area contributed by atoms with E-state index in [1.54, 1.807) is 11.3 Å². The van der Waals surface area contributed by atoms with Crippen molar-refractivity contribution in [2.75, 3.05) is 5.32 Å². The van der Waals surface area contributed by atoms with Gasteiger partial charge in [0.2, 0.25) is 12.3 Å². The molecule has 24 heavy (non-hydrogen) atoms. The monoisotopic (exact) mass is 339 g/mol. The molecule has 0 saturated heterocycles. The number of thiophene rings is 1. The summed E-state index contributed by atoms with van der Waals surface area (Å²) >= 11 is 1.70.